The molecule has 0 spiro atoms. The van der Waals surface area contributed by atoms with E-state index in [1.807, 2.05) is 36.4 Å². The van der Waals surface area contributed by atoms with Gasteiger partial charge in [0, 0.05) is 31.6 Å². The maximum Gasteiger partial charge on any atom is 0.247 e. The van der Waals surface area contributed by atoms with E-state index in [1.54, 1.807) is 35.5 Å². The molecule has 3 aromatic rings. The predicted molar refractivity (Wildman–Crippen MR) is 121 cm³/mol. The van der Waals surface area contributed by atoms with Gasteiger partial charge in [-0.1, -0.05) is 38.1 Å². The van der Waals surface area contributed by atoms with Gasteiger partial charge in [-0.3, -0.25) is 9.78 Å². The molecular formula is C26H27FN2O2. The Morgan fingerprint density at radius 1 is 1.03 bits per heavy atom. The van der Waals surface area contributed by atoms with Gasteiger partial charge in [-0.2, -0.15) is 0 Å². The minimum atomic E-state index is -0.331. The van der Waals surface area contributed by atoms with Gasteiger partial charge in [0.25, 0.3) is 0 Å². The van der Waals surface area contributed by atoms with Gasteiger partial charge in [0.05, 0.1) is 6.61 Å². The van der Waals surface area contributed by atoms with Gasteiger partial charge in [-0.25, -0.2) is 4.39 Å². The molecule has 0 N–H and O–H groups in total. The number of halogens is 1. The first kappa shape index (κ1) is 22.2. The Morgan fingerprint density at radius 2 is 1.71 bits per heavy atom. The van der Waals surface area contributed by atoms with Crippen LogP contribution in [0.5, 0.6) is 5.75 Å². The molecule has 1 heterocycles. The first-order valence-electron chi connectivity index (χ1n) is 10.3. The summed E-state index contributed by atoms with van der Waals surface area (Å²) < 4.78 is 19.1. The van der Waals surface area contributed by atoms with Gasteiger partial charge in [0.1, 0.15) is 11.6 Å². The standard InChI is InChI=1S/C26H27FN2O2/c1-20(2)19-31-25-9-6-22(7-10-25)17-29(18-23-12-14-28-15-13-23)26(30)11-8-21-4-3-5-24(27)16-21/h3-16,20H,17-19H2,1-2H3/b11-8+. The summed E-state index contributed by atoms with van der Waals surface area (Å²) in [6, 6.07) is 17.7. The van der Waals surface area contributed by atoms with Crippen LogP contribution >= 0.6 is 0 Å². The second kappa shape index (κ2) is 11.1. The maximum absolute atomic E-state index is 13.4. The highest BCUT2D eigenvalue weighted by Crippen LogP contribution is 2.17. The summed E-state index contributed by atoms with van der Waals surface area (Å²) in [5, 5.41) is 0. The van der Waals surface area contributed by atoms with Crippen LogP contribution in [-0.4, -0.2) is 22.4 Å². The van der Waals surface area contributed by atoms with Crippen molar-refractivity contribution >= 4 is 12.0 Å². The van der Waals surface area contributed by atoms with E-state index in [0.29, 0.717) is 31.2 Å². The molecule has 0 saturated heterocycles. The summed E-state index contributed by atoms with van der Waals surface area (Å²) in [6.07, 6.45) is 6.53. The summed E-state index contributed by atoms with van der Waals surface area (Å²) in [4.78, 5) is 18.7. The number of hydrogen-bond donors (Lipinski definition) is 0. The molecule has 0 saturated carbocycles. The number of ether oxygens (including phenoxy) is 1. The summed E-state index contributed by atoms with van der Waals surface area (Å²) in [6.45, 7) is 5.76. The van der Waals surface area contributed by atoms with Crippen LogP contribution < -0.4 is 4.74 Å². The quantitative estimate of drug-likeness (QED) is 0.431. The molecule has 0 unspecified atom stereocenters. The number of rotatable bonds is 9. The smallest absolute Gasteiger partial charge is 0.247 e. The highest BCUT2D eigenvalue weighted by Gasteiger charge is 2.13. The Hall–Kier alpha value is -3.47. The maximum atomic E-state index is 13.4. The van der Waals surface area contributed by atoms with Gasteiger partial charge in [0.2, 0.25) is 5.91 Å². The van der Waals surface area contributed by atoms with Crippen molar-refractivity contribution in [1.82, 2.24) is 9.88 Å². The van der Waals surface area contributed by atoms with Gasteiger partial charge in [-0.05, 0) is 65.1 Å². The van der Waals surface area contributed by atoms with Gasteiger partial charge in [-0.15, -0.1) is 0 Å². The molecule has 0 atom stereocenters. The molecule has 5 heteroatoms. The van der Waals surface area contributed by atoms with Gasteiger partial charge in [0.15, 0.2) is 0 Å². The van der Waals surface area contributed by atoms with Crippen molar-refractivity contribution in [3.8, 4) is 5.75 Å². The highest BCUT2D eigenvalue weighted by atomic mass is 19.1. The van der Waals surface area contributed by atoms with E-state index in [9.17, 15) is 9.18 Å². The lowest BCUT2D eigenvalue weighted by molar-refractivity contribution is -0.127. The highest BCUT2D eigenvalue weighted by molar-refractivity contribution is 5.91. The number of carbonyl (C=O) groups excluding carboxylic acids is 1. The van der Waals surface area contributed by atoms with Crippen LogP contribution in [0.1, 0.15) is 30.5 Å². The Kier molecular flexibility index (Phi) is 7.93. The molecule has 0 fully saturated rings. The third-order valence-corrected chi connectivity index (χ3v) is 4.58. The fraction of sp³-hybridized carbons (Fsp3) is 0.231. The summed E-state index contributed by atoms with van der Waals surface area (Å²) in [5.41, 5.74) is 2.63. The van der Waals surface area contributed by atoms with Crippen molar-refractivity contribution < 1.29 is 13.9 Å². The van der Waals surface area contributed by atoms with E-state index >= 15 is 0 Å². The first-order chi connectivity index (χ1) is 15.0. The summed E-state index contributed by atoms with van der Waals surface area (Å²) in [5.74, 6) is 0.790. The molecule has 1 amide bonds. The van der Waals surface area contributed by atoms with Crippen molar-refractivity contribution in [3.05, 3.63) is 102 Å². The fourth-order valence-corrected chi connectivity index (χ4v) is 2.98. The van der Waals surface area contributed by atoms with Crippen LogP contribution in [0.15, 0.2) is 79.1 Å². The number of carbonyl (C=O) groups is 1. The second-order valence-corrected chi connectivity index (χ2v) is 7.79. The molecule has 31 heavy (non-hydrogen) atoms. The van der Waals surface area contributed by atoms with E-state index in [4.69, 9.17) is 4.74 Å². The SMILES string of the molecule is CC(C)COc1ccc(CN(Cc2ccncc2)C(=O)/C=C/c2cccc(F)c2)cc1. The molecule has 0 radical (unpaired) electrons. The van der Waals surface area contributed by atoms with E-state index in [-0.39, 0.29) is 11.7 Å². The van der Waals surface area contributed by atoms with Crippen LogP contribution in [0.4, 0.5) is 4.39 Å². The normalized spacial score (nSPS) is 11.1. The molecule has 0 aliphatic rings. The number of nitrogens with zero attached hydrogens (tertiary/aromatic N) is 2. The molecule has 0 bridgehead atoms. The number of amides is 1. The fourth-order valence-electron chi connectivity index (χ4n) is 2.98. The molecular weight excluding hydrogens is 391 g/mol. The molecule has 0 aliphatic heterocycles. The van der Waals surface area contributed by atoms with Crippen molar-refractivity contribution in [1.29, 1.82) is 0 Å². The van der Waals surface area contributed by atoms with Crippen LogP contribution in [0, 0.1) is 11.7 Å². The topological polar surface area (TPSA) is 42.4 Å². The average Bonchev–Trinajstić information content (AvgIpc) is 2.77. The number of benzene rings is 2. The van der Waals surface area contributed by atoms with Crippen molar-refractivity contribution in [2.45, 2.75) is 26.9 Å². The third kappa shape index (κ3) is 7.37. The Bertz CT molecular complexity index is 1000. The lowest BCUT2D eigenvalue weighted by Crippen LogP contribution is -2.28. The number of pyridine rings is 1. The van der Waals surface area contributed by atoms with E-state index in [2.05, 4.69) is 18.8 Å². The molecule has 2 aromatic carbocycles. The minimum Gasteiger partial charge on any atom is -0.493 e. The van der Waals surface area contributed by atoms with Gasteiger partial charge >= 0.3 is 0 Å². The minimum absolute atomic E-state index is 0.152. The second-order valence-electron chi connectivity index (χ2n) is 7.79. The zero-order valence-corrected chi connectivity index (χ0v) is 17.9. The van der Waals surface area contributed by atoms with Crippen LogP contribution in [0.25, 0.3) is 6.08 Å². The summed E-state index contributed by atoms with van der Waals surface area (Å²) >= 11 is 0. The lowest BCUT2D eigenvalue weighted by Gasteiger charge is -2.22. The molecule has 4 nitrogen and oxygen atoms in total. The van der Waals surface area contributed by atoms with Gasteiger partial charge < -0.3 is 9.64 Å². The predicted octanol–water partition coefficient (Wildman–Crippen LogP) is 5.50. The Morgan fingerprint density at radius 3 is 2.35 bits per heavy atom. The van der Waals surface area contributed by atoms with Crippen molar-refractivity contribution in [2.75, 3.05) is 6.61 Å². The first-order valence-corrected chi connectivity index (χ1v) is 10.3. The average molecular weight is 419 g/mol. The van der Waals surface area contributed by atoms with Crippen LogP contribution in [-0.2, 0) is 17.9 Å². The van der Waals surface area contributed by atoms with Crippen molar-refractivity contribution in [3.63, 3.8) is 0 Å². The van der Waals surface area contributed by atoms with E-state index in [1.165, 1.54) is 18.2 Å². The molecule has 0 aliphatic carbocycles. The molecule has 1 aromatic heterocycles. The van der Waals surface area contributed by atoms with Crippen molar-refractivity contribution in [2.24, 2.45) is 5.92 Å². The zero-order valence-electron chi connectivity index (χ0n) is 17.9. The Balaban J connectivity index is 1.73. The van der Waals surface area contributed by atoms with Crippen LogP contribution in [0.2, 0.25) is 0 Å². The Labute approximate surface area is 183 Å². The van der Waals surface area contributed by atoms with E-state index in [0.717, 1.165) is 16.9 Å². The lowest BCUT2D eigenvalue weighted by atomic mass is 10.1. The number of hydrogen-bond acceptors (Lipinski definition) is 3. The summed E-state index contributed by atoms with van der Waals surface area (Å²) in [7, 11) is 0. The largest absolute Gasteiger partial charge is 0.493 e. The molecule has 3 rings (SSSR count). The van der Waals surface area contributed by atoms with Crippen LogP contribution in [0.3, 0.4) is 0 Å². The zero-order chi connectivity index (χ0) is 22.1. The monoisotopic (exact) mass is 418 g/mol. The molecule has 160 valence electrons. The third-order valence-electron chi connectivity index (χ3n) is 4.58. The van der Waals surface area contributed by atoms with E-state index < -0.39 is 0 Å². The number of aromatic nitrogens is 1.